The van der Waals surface area contributed by atoms with E-state index in [4.69, 9.17) is 21.1 Å². The van der Waals surface area contributed by atoms with E-state index in [-0.39, 0.29) is 24.5 Å². The number of hydrogen-bond acceptors (Lipinski definition) is 5. The lowest BCUT2D eigenvalue weighted by molar-refractivity contribution is -0.123. The predicted octanol–water partition coefficient (Wildman–Crippen LogP) is 5.23. The summed E-state index contributed by atoms with van der Waals surface area (Å²) in [5.74, 6) is 0.809. The molecule has 2 heterocycles. The highest BCUT2D eigenvalue weighted by atomic mass is 35.5. The molecule has 0 N–H and O–H groups in total. The van der Waals surface area contributed by atoms with Gasteiger partial charge in [0.05, 0.1) is 11.4 Å². The second kappa shape index (κ2) is 7.18. The smallest absolute Gasteiger partial charge is 0.293 e. The molecule has 0 spiro atoms. The first-order valence-electron chi connectivity index (χ1n) is 8.74. The van der Waals surface area contributed by atoms with E-state index in [0.717, 1.165) is 34.0 Å². The van der Waals surface area contributed by atoms with E-state index >= 15 is 0 Å². The van der Waals surface area contributed by atoms with Gasteiger partial charge in [-0.05, 0) is 66.9 Å². The van der Waals surface area contributed by atoms with Crippen LogP contribution in [0, 0.1) is 20.8 Å². The third-order valence-electron chi connectivity index (χ3n) is 4.76. The van der Waals surface area contributed by atoms with Crippen molar-refractivity contribution in [2.24, 2.45) is 0 Å². The van der Waals surface area contributed by atoms with E-state index < -0.39 is 0 Å². The number of benzene rings is 2. The van der Waals surface area contributed by atoms with Crippen molar-refractivity contribution in [1.82, 2.24) is 4.90 Å². The Labute approximate surface area is 172 Å². The number of amides is 2. The van der Waals surface area contributed by atoms with Gasteiger partial charge in [-0.25, -0.2) is 0 Å². The highest BCUT2D eigenvalue weighted by Crippen LogP contribution is 2.39. The summed E-state index contributed by atoms with van der Waals surface area (Å²) in [5.41, 5.74) is 4.92. The predicted molar refractivity (Wildman–Crippen MR) is 110 cm³/mol. The molecular formula is C21H18ClNO4S. The third-order valence-corrected chi connectivity index (χ3v) is 6.02. The Morgan fingerprint density at radius 1 is 1.07 bits per heavy atom. The molecule has 2 aliphatic heterocycles. The van der Waals surface area contributed by atoms with Crippen LogP contribution < -0.4 is 9.47 Å². The summed E-state index contributed by atoms with van der Waals surface area (Å²) in [6.45, 7) is 6.26. The van der Waals surface area contributed by atoms with Crippen molar-refractivity contribution in [3.8, 4) is 11.5 Å². The molecule has 2 aromatic carbocycles. The molecule has 28 heavy (non-hydrogen) atoms. The molecule has 2 aliphatic rings. The summed E-state index contributed by atoms with van der Waals surface area (Å²) in [5, 5.41) is 0.116. The fourth-order valence-corrected chi connectivity index (χ4v) is 4.47. The second-order valence-electron chi connectivity index (χ2n) is 6.88. The van der Waals surface area contributed by atoms with E-state index in [9.17, 15) is 9.59 Å². The maximum atomic E-state index is 12.9. The first kappa shape index (κ1) is 18.9. The molecular weight excluding hydrogens is 398 g/mol. The minimum atomic E-state index is -0.317. The lowest BCUT2D eigenvalue weighted by Crippen LogP contribution is -2.27. The number of aryl methyl sites for hydroxylation is 3. The van der Waals surface area contributed by atoms with Crippen LogP contribution in [0.1, 0.15) is 27.8 Å². The van der Waals surface area contributed by atoms with Crippen LogP contribution >= 0.6 is 23.4 Å². The number of carbonyl (C=O) groups is 2. The Morgan fingerprint density at radius 3 is 2.39 bits per heavy atom. The van der Waals surface area contributed by atoms with E-state index in [1.807, 2.05) is 20.8 Å². The number of rotatable bonds is 3. The van der Waals surface area contributed by atoms with Gasteiger partial charge in [-0.1, -0.05) is 29.3 Å². The van der Waals surface area contributed by atoms with Gasteiger partial charge in [-0.15, -0.1) is 0 Å². The number of hydrogen-bond donors (Lipinski definition) is 0. The normalized spacial score (nSPS) is 17.1. The van der Waals surface area contributed by atoms with Gasteiger partial charge < -0.3 is 9.47 Å². The highest BCUT2D eigenvalue weighted by molar-refractivity contribution is 8.18. The number of fused-ring (bicyclic) bond motifs is 1. The van der Waals surface area contributed by atoms with Crippen LogP contribution in [0.5, 0.6) is 11.5 Å². The molecule has 5 nitrogen and oxygen atoms in total. The van der Waals surface area contributed by atoms with E-state index in [1.54, 1.807) is 18.2 Å². The molecule has 1 fully saturated rings. The lowest BCUT2D eigenvalue weighted by Gasteiger charge is -2.14. The Bertz CT molecular complexity index is 1020. The molecule has 4 rings (SSSR count). The standard InChI is InChI=1S/C21H18ClNO4S/c1-11-4-12(2)15(13(3)5-11)7-19-20(24)23(21(25)28-19)9-14-6-17-18(8-16(14)22)27-10-26-17/h4-8H,9-10H2,1-3H3/b19-7-. The summed E-state index contributed by atoms with van der Waals surface area (Å²) < 4.78 is 10.7. The van der Waals surface area contributed by atoms with E-state index in [2.05, 4.69) is 12.1 Å². The number of halogens is 1. The van der Waals surface area contributed by atoms with Crippen molar-refractivity contribution in [1.29, 1.82) is 0 Å². The van der Waals surface area contributed by atoms with Crippen molar-refractivity contribution in [3.63, 3.8) is 0 Å². The maximum Gasteiger partial charge on any atom is 0.293 e. The zero-order valence-corrected chi connectivity index (χ0v) is 17.2. The minimum Gasteiger partial charge on any atom is -0.454 e. The van der Waals surface area contributed by atoms with Crippen LogP contribution in [0.25, 0.3) is 6.08 Å². The summed E-state index contributed by atoms with van der Waals surface area (Å²) >= 11 is 7.25. The van der Waals surface area contributed by atoms with Crippen molar-refractivity contribution in [2.75, 3.05) is 6.79 Å². The van der Waals surface area contributed by atoms with Gasteiger partial charge in [-0.2, -0.15) is 0 Å². The molecule has 0 saturated carbocycles. The summed E-state index contributed by atoms with van der Waals surface area (Å²) in [6, 6.07) is 7.49. The molecule has 7 heteroatoms. The monoisotopic (exact) mass is 415 g/mol. The SMILES string of the molecule is Cc1cc(C)c(/C=C2\SC(=O)N(Cc3cc4c(cc3Cl)OCO4)C2=O)c(C)c1. The molecule has 2 amide bonds. The number of carbonyl (C=O) groups excluding carboxylic acids is 2. The molecule has 0 unspecified atom stereocenters. The van der Waals surface area contributed by atoms with Crippen LogP contribution in [0.4, 0.5) is 4.79 Å². The Morgan fingerprint density at radius 2 is 1.71 bits per heavy atom. The molecule has 2 aromatic rings. The average Bonchev–Trinajstić information content (AvgIpc) is 3.17. The van der Waals surface area contributed by atoms with Crippen LogP contribution in [-0.2, 0) is 11.3 Å². The molecule has 0 atom stereocenters. The highest BCUT2D eigenvalue weighted by Gasteiger charge is 2.36. The maximum absolute atomic E-state index is 12.9. The average molecular weight is 416 g/mol. The molecule has 0 aromatic heterocycles. The van der Waals surface area contributed by atoms with Crippen LogP contribution in [-0.4, -0.2) is 22.8 Å². The van der Waals surface area contributed by atoms with Gasteiger partial charge in [0.15, 0.2) is 11.5 Å². The van der Waals surface area contributed by atoms with E-state index in [1.165, 1.54) is 4.90 Å². The summed E-state index contributed by atoms with van der Waals surface area (Å²) in [4.78, 5) is 27.0. The van der Waals surface area contributed by atoms with Gasteiger partial charge in [0.1, 0.15) is 0 Å². The molecule has 0 radical (unpaired) electrons. The fraction of sp³-hybridized carbons (Fsp3) is 0.238. The van der Waals surface area contributed by atoms with Gasteiger partial charge in [0, 0.05) is 11.1 Å². The van der Waals surface area contributed by atoms with Crippen molar-refractivity contribution in [2.45, 2.75) is 27.3 Å². The largest absolute Gasteiger partial charge is 0.454 e. The van der Waals surface area contributed by atoms with Gasteiger partial charge in [0.25, 0.3) is 11.1 Å². The second-order valence-corrected chi connectivity index (χ2v) is 8.28. The quantitative estimate of drug-likeness (QED) is 0.642. The molecule has 0 aliphatic carbocycles. The zero-order valence-electron chi connectivity index (χ0n) is 15.7. The zero-order chi connectivity index (χ0) is 20.0. The van der Waals surface area contributed by atoms with Crippen molar-refractivity contribution < 1.29 is 19.1 Å². The van der Waals surface area contributed by atoms with Crippen LogP contribution in [0.15, 0.2) is 29.2 Å². The van der Waals surface area contributed by atoms with Crippen LogP contribution in [0.3, 0.4) is 0 Å². The molecule has 144 valence electrons. The molecule has 0 bridgehead atoms. The van der Waals surface area contributed by atoms with Gasteiger partial charge in [0.2, 0.25) is 6.79 Å². The van der Waals surface area contributed by atoms with Crippen molar-refractivity contribution >= 4 is 40.6 Å². The first-order valence-corrected chi connectivity index (χ1v) is 9.94. The van der Waals surface area contributed by atoms with Crippen LogP contribution in [0.2, 0.25) is 5.02 Å². The lowest BCUT2D eigenvalue weighted by atomic mass is 9.99. The minimum absolute atomic E-state index is 0.0866. The Balaban J connectivity index is 1.62. The topological polar surface area (TPSA) is 55.8 Å². The summed E-state index contributed by atoms with van der Waals surface area (Å²) in [7, 11) is 0. The number of thioether (sulfide) groups is 1. The number of imide groups is 1. The van der Waals surface area contributed by atoms with E-state index in [0.29, 0.717) is 27.0 Å². The Hall–Kier alpha value is -2.44. The first-order chi connectivity index (χ1) is 13.3. The molecule has 1 saturated heterocycles. The number of nitrogens with zero attached hydrogens (tertiary/aromatic N) is 1. The van der Waals surface area contributed by atoms with Crippen molar-refractivity contribution in [3.05, 3.63) is 62.0 Å². The Kier molecular flexibility index (Phi) is 4.85. The summed E-state index contributed by atoms with van der Waals surface area (Å²) in [6.07, 6.45) is 1.80. The third kappa shape index (κ3) is 3.38. The fourth-order valence-electron chi connectivity index (χ4n) is 3.44. The van der Waals surface area contributed by atoms with Gasteiger partial charge >= 0.3 is 0 Å². The van der Waals surface area contributed by atoms with Gasteiger partial charge in [-0.3, -0.25) is 14.5 Å². The number of ether oxygens (including phenoxy) is 2.